The Labute approximate surface area is 175 Å². The van der Waals surface area contributed by atoms with Crippen molar-refractivity contribution in [3.8, 4) is 5.75 Å². The van der Waals surface area contributed by atoms with Crippen molar-refractivity contribution in [3.63, 3.8) is 0 Å². The number of carbonyl (C=O) groups excluding carboxylic acids is 3. The molecule has 2 heterocycles. The van der Waals surface area contributed by atoms with Gasteiger partial charge in [-0.3, -0.25) is 9.59 Å². The van der Waals surface area contributed by atoms with E-state index in [1.165, 1.54) is 6.92 Å². The minimum Gasteiger partial charge on any atom is -0.493 e. The van der Waals surface area contributed by atoms with Crippen LogP contribution in [0.2, 0.25) is 0 Å². The second-order valence-corrected chi connectivity index (χ2v) is 7.46. The smallest absolute Gasteiger partial charge is 0.338 e. The standard InChI is InChI=1S/C23H24N2O5/c1-3-29-21-9-7-15(14(2)26)11-17(21)13-30-23(28)16-6-8-19-18(12-16)24-22(27)20-5-4-10-25(19)20/h6-9,11-12,20H,3-5,10,13H2,1-2H3,(H,24,27)/t20-/m1/s1. The van der Waals surface area contributed by atoms with Gasteiger partial charge in [0.25, 0.3) is 0 Å². The summed E-state index contributed by atoms with van der Waals surface area (Å²) in [6, 6.07) is 10.2. The Balaban J connectivity index is 1.51. The SMILES string of the molecule is CCOc1ccc(C(C)=O)cc1COC(=O)c1ccc2c(c1)NC(=O)[C@H]1CCCN21. The lowest BCUT2D eigenvalue weighted by atomic mass is 10.1. The number of esters is 1. The molecule has 0 radical (unpaired) electrons. The first-order valence-corrected chi connectivity index (χ1v) is 10.1. The highest BCUT2D eigenvalue weighted by molar-refractivity contribution is 6.05. The van der Waals surface area contributed by atoms with Gasteiger partial charge in [0.2, 0.25) is 5.91 Å². The summed E-state index contributed by atoms with van der Waals surface area (Å²) >= 11 is 0. The number of nitrogens with one attached hydrogen (secondary N) is 1. The second-order valence-electron chi connectivity index (χ2n) is 7.46. The maximum Gasteiger partial charge on any atom is 0.338 e. The van der Waals surface area contributed by atoms with Gasteiger partial charge in [-0.1, -0.05) is 0 Å². The Morgan fingerprint density at radius 3 is 2.73 bits per heavy atom. The maximum atomic E-state index is 12.6. The predicted octanol–water partition coefficient (Wildman–Crippen LogP) is 3.57. The molecule has 30 heavy (non-hydrogen) atoms. The summed E-state index contributed by atoms with van der Waals surface area (Å²) in [4.78, 5) is 38.7. The molecule has 0 spiro atoms. The molecule has 0 aliphatic carbocycles. The van der Waals surface area contributed by atoms with Gasteiger partial charge in [-0.05, 0) is 63.1 Å². The number of Topliss-reactive ketones (excluding diaryl/α,β-unsaturated/α-hetero) is 1. The molecule has 7 nitrogen and oxygen atoms in total. The van der Waals surface area contributed by atoms with Crippen LogP contribution in [0.15, 0.2) is 36.4 Å². The number of hydrogen-bond acceptors (Lipinski definition) is 6. The van der Waals surface area contributed by atoms with Gasteiger partial charge in [0, 0.05) is 17.7 Å². The molecular formula is C23H24N2O5. The van der Waals surface area contributed by atoms with Crippen LogP contribution in [0, 0.1) is 0 Å². The Morgan fingerprint density at radius 1 is 1.17 bits per heavy atom. The van der Waals surface area contributed by atoms with Crippen LogP contribution in [0.4, 0.5) is 11.4 Å². The van der Waals surface area contributed by atoms with Crippen LogP contribution in [0.1, 0.15) is 53.0 Å². The summed E-state index contributed by atoms with van der Waals surface area (Å²) in [5.74, 6) is -0.0384. The lowest BCUT2D eigenvalue weighted by Crippen LogP contribution is -2.43. The molecule has 1 saturated heterocycles. The van der Waals surface area contributed by atoms with Crippen molar-refractivity contribution in [2.75, 3.05) is 23.4 Å². The molecule has 1 N–H and O–H groups in total. The minimum atomic E-state index is -0.508. The van der Waals surface area contributed by atoms with Crippen LogP contribution in [0.5, 0.6) is 5.75 Å². The van der Waals surface area contributed by atoms with Gasteiger partial charge in [0.15, 0.2) is 5.78 Å². The van der Waals surface area contributed by atoms with Gasteiger partial charge in [-0.2, -0.15) is 0 Å². The van der Waals surface area contributed by atoms with E-state index in [0.29, 0.717) is 34.7 Å². The van der Waals surface area contributed by atoms with Crippen molar-refractivity contribution in [1.82, 2.24) is 0 Å². The van der Waals surface area contributed by atoms with Crippen LogP contribution < -0.4 is 15.0 Å². The summed E-state index contributed by atoms with van der Waals surface area (Å²) < 4.78 is 11.1. The number of nitrogens with zero attached hydrogens (tertiary/aromatic N) is 1. The molecule has 1 amide bonds. The van der Waals surface area contributed by atoms with Crippen molar-refractivity contribution >= 4 is 29.0 Å². The van der Waals surface area contributed by atoms with Gasteiger partial charge < -0.3 is 19.7 Å². The second kappa shape index (κ2) is 8.18. The first kappa shape index (κ1) is 19.9. The van der Waals surface area contributed by atoms with E-state index in [4.69, 9.17) is 9.47 Å². The molecule has 0 bridgehead atoms. The van der Waals surface area contributed by atoms with Crippen LogP contribution in [0.3, 0.4) is 0 Å². The lowest BCUT2D eigenvalue weighted by molar-refractivity contribution is -0.117. The van der Waals surface area contributed by atoms with Crippen molar-refractivity contribution < 1.29 is 23.9 Å². The largest absolute Gasteiger partial charge is 0.493 e. The molecule has 0 saturated carbocycles. The Hall–Kier alpha value is -3.35. The number of hydrogen-bond donors (Lipinski definition) is 1. The van der Waals surface area contributed by atoms with Gasteiger partial charge in [-0.15, -0.1) is 0 Å². The van der Waals surface area contributed by atoms with E-state index in [1.54, 1.807) is 30.3 Å². The zero-order valence-electron chi connectivity index (χ0n) is 17.1. The van der Waals surface area contributed by atoms with E-state index >= 15 is 0 Å². The number of carbonyl (C=O) groups is 3. The van der Waals surface area contributed by atoms with Gasteiger partial charge in [-0.25, -0.2) is 4.79 Å². The van der Waals surface area contributed by atoms with E-state index in [0.717, 1.165) is 25.1 Å². The summed E-state index contributed by atoms with van der Waals surface area (Å²) in [5.41, 5.74) is 3.07. The van der Waals surface area contributed by atoms with Gasteiger partial charge >= 0.3 is 5.97 Å². The highest BCUT2D eigenvalue weighted by atomic mass is 16.5. The zero-order valence-corrected chi connectivity index (χ0v) is 17.1. The monoisotopic (exact) mass is 408 g/mol. The number of rotatable bonds is 6. The fourth-order valence-electron chi connectivity index (χ4n) is 3.99. The van der Waals surface area contributed by atoms with E-state index < -0.39 is 5.97 Å². The molecule has 156 valence electrons. The first-order valence-electron chi connectivity index (χ1n) is 10.1. The lowest BCUT2D eigenvalue weighted by Gasteiger charge is -2.33. The number of benzene rings is 2. The van der Waals surface area contributed by atoms with Crippen LogP contribution in [-0.4, -0.2) is 36.9 Å². The highest BCUT2D eigenvalue weighted by Crippen LogP contribution is 2.37. The normalized spacial score (nSPS) is 17.1. The third kappa shape index (κ3) is 3.75. The van der Waals surface area contributed by atoms with Crippen LogP contribution in [0.25, 0.3) is 0 Å². The molecule has 4 rings (SSSR count). The summed E-state index contributed by atoms with van der Waals surface area (Å²) in [5, 5.41) is 2.90. The average molecular weight is 408 g/mol. The average Bonchev–Trinajstić information content (AvgIpc) is 3.23. The quantitative estimate of drug-likeness (QED) is 0.581. The van der Waals surface area contributed by atoms with E-state index in [1.807, 2.05) is 13.0 Å². The van der Waals surface area contributed by atoms with Gasteiger partial charge in [0.05, 0.1) is 23.5 Å². The molecule has 2 aromatic carbocycles. The number of ether oxygens (including phenoxy) is 2. The van der Waals surface area contributed by atoms with Crippen LogP contribution >= 0.6 is 0 Å². The molecule has 0 aromatic heterocycles. The molecule has 2 aliphatic rings. The number of ketones is 1. The molecule has 1 atom stereocenters. The first-order chi connectivity index (χ1) is 14.5. The highest BCUT2D eigenvalue weighted by Gasteiger charge is 2.36. The molecule has 1 fully saturated rings. The molecule has 7 heteroatoms. The molecule has 0 unspecified atom stereocenters. The van der Waals surface area contributed by atoms with Crippen molar-refractivity contribution in [1.29, 1.82) is 0 Å². The topological polar surface area (TPSA) is 84.9 Å². The van der Waals surface area contributed by atoms with Gasteiger partial charge in [0.1, 0.15) is 18.4 Å². The predicted molar refractivity (Wildman–Crippen MR) is 112 cm³/mol. The summed E-state index contributed by atoms with van der Waals surface area (Å²) in [6.45, 7) is 4.62. The third-order valence-electron chi connectivity index (χ3n) is 5.48. The maximum absolute atomic E-state index is 12.6. The molecule has 2 aromatic rings. The Kier molecular flexibility index (Phi) is 5.44. The molecular weight excluding hydrogens is 384 g/mol. The Morgan fingerprint density at radius 2 is 1.97 bits per heavy atom. The Bertz CT molecular complexity index is 1020. The fourth-order valence-corrected chi connectivity index (χ4v) is 3.99. The third-order valence-corrected chi connectivity index (χ3v) is 5.48. The number of amides is 1. The zero-order chi connectivity index (χ0) is 21.3. The fraction of sp³-hybridized carbons (Fsp3) is 0.348. The van der Waals surface area contributed by atoms with E-state index in [2.05, 4.69) is 10.2 Å². The van der Waals surface area contributed by atoms with Crippen molar-refractivity contribution in [3.05, 3.63) is 53.1 Å². The van der Waals surface area contributed by atoms with Crippen LogP contribution in [-0.2, 0) is 16.1 Å². The van der Waals surface area contributed by atoms with Crippen molar-refractivity contribution in [2.45, 2.75) is 39.3 Å². The van der Waals surface area contributed by atoms with Crippen molar-refractivity contribution in [2.24, 2.45) is 0 Å². The number of anilines is 2. The van der Waals surface area contributed by atoms with E-state index in [9.17, 15) is 14.4 Å². The van der Waals surface area contributed by atoms with E-state index in [-0.39, 0.29) is 24.3 Å². The summed E-state index contributed by atoms with van der Waals surface area (Å²) in [6.07, 6.45) is 1.82. The summed E-state index contributed by atoms with van der Waals surface area (Å²) in [7, 11) is 0. The minimum absolute atomic E-state index is 0.0209. The molecule has 2 aliphatic heterocycles. The number of fused-ring (bicyclic) bond motifs is 3.